The molecule has 3 rings (SSSR count). The molecule has 2 saturated heterocycles. The maximum Gasteiger partial charge on any atom is 0.253 e. The van der Waals surface area contributed by atoms with Gasteiger partial charge in [0.25, 0.3) is 5.91 Å². The minimum Gasteiger partial charge on any atom is -0.341 e. The highest BCUT2D eigenvalue weighted by molar-refractivity contribution is 5.94. The summed E-state index contributed by atoms with van der Waals surface area (Å²) >= 11 is 0. The van der Waals surface area contributed by atoms with E-state index in [-0.39, 0.29) is 11.8 Å². The van der Waals surface area contributed by atoms with E-state index in [0.717, 1.165) is 31.7 Å². The Labute approximate surface area is 169 Å². The minimum atomic E-state index is 0.0972. The highest BCUT2D eigenvalue weighted by Crippen LogP contribution is 2.21. The van der Waals surface area contributed by atoms with Crippen LogP contribution in [0.2, 0.25) is 0 Å². The zero-order valence-corrected chi connectivity index (χ0v) is 17.9. The fourth-order valence-electron chi connectivity index (χ4n) is 4.46. The maximum atomic E-state index is 12.8. The summed E-state index contributed by atoms with van der Waals surface area (Å²) in [4.78, 5) is 31.6. The third-order valence-corrected chi connectivity index (χ3v) is 6.06. The molecule has 2 amide bonds. The van der Waals surface area contributed by atoms with E-state index in [4.69, 9.17) is 0 Å². The van der Waals surface area contributed by atoms with E-state index in [1.165, 1.54) is 12.0 Å². The van der Waals surface area contributed by atoms with Crippen LogP contribution in [0.15, 0.2) is 24.3 Å². The summed E-state index contributed by atoms with van der Waals surface area (Å²) in [6.07, 6.45) is 1.21. The van der Waals surface area contributed by atoms with Gasteiger partial charge in [-0.15, -0.1) is 0 Å². The number of rotatable bonds is 4. The molecule has 2 aliphatic heterocycles. The van der Waals surface area contributed by atoms with E-state index in [0.29, 0.717) is 37.4 Å². The number of hydrogen-bond acceptors (Lipinski definition) is 3. The van der Waals surface area contributed by atoms with Gasteiger partial charge in [-0.3, -0.25) is 14.5 Å². The fourth-order valence-corrected chi connectivity index (χ4v) is 4.46. The summed E-state index contributed by atoms with van der Waals surface area (Å²) in [6.45, 7) is 13.9. The molecule has 0 aliphatic carbocycles. The van der Waals surface area contributed by atoms with E-state index in [2.05, 4.69) is 32.6 Å². The van der Waals surface area contributed by atoms with Crippen molar-refractivity contribution in [3.63, 3.8) is 0 Å². The molecule has 5 heteroatoms. The number of piperazine rings is 1. The number of hydrogen-bond donors (Lipinski definition) is 0. The van der Waals surface area contributed by atoms with Crippen LogP contribution in [0.25, 0.3) is 0 Å². The number of piperidine rings is 1. The summed E-state index contributed by atoms with van der Waals surface area (Å²) in [5, 5.41) is 0. The summed E-state index contributed by atoms with van der Waals surface area (Å²) in [6, 6.07) is 7.97. The first-order valence-corrected chi connectivity index (χ1v) is 10.7. The maximum absolute atomic E-state index is 12.8. The summed E-state index contributed by atoms with van der Waals surface area (Å²) < 4.78 is 0. The Morgan fingerprint density at radius 1 is 0.929 bits per heavy atom. The van der Waals surface area contributed by atoms with Gasteiger partial charge in [-0.1, -0.05) is 39.8 Å². The van der Waals surface area contributed by atoms with Gasteiger partial charge < -0.3 is 9.80 Å². The van der Waals surface area contributed by atoms with Crippen LogP contribution >= 0.6 is 0 Å². The molecule has 0 saturated carbocycles. The predicted molar refractivity (Wildman–Crippen MR) is 112 cm³/mol. The molecule has 28 heavy (non-hydrogen) atoms. The lowest BCUT2D eigenvalue weighted by atomic mass is 9.92. The largest absolute Gasteiger partial charge is 0.341 e. The zero-order chi connectivity index (χ0) is 20.3. The van der Waals surface area contributed by atoms with Gasteiger partial charge in [0.15, 0.2) is 0 Å². The van der Waals surface area contributed by atoms with Crippen molar-refractivity contribution in [2.75, 3.05) is 45.8 Å². The molecule has 2 atom stereocenters. The lowest BCUT2D eigenvalue weighted by Crippen LogP contribution is -2.53. The van der Waals surface area contributed by atoms with Crippen molar-refractivity contribution < 1.29 is 9.59 Å². The Balaban J connectivity index is 1.48. The molecule has 2 heterocycles. The Hall–Kier alpha value is -1.88. The lowest BCUT2D eigenvalue weighted by molar-refractivity contribution is -0.135. The number of benzene rings is 1. The van der Waals surface area contributed by atoms with Crippen molar-refractivity contribution in [1.29, 1.82) is 0 Å². The number of nitrogens with zero attached hydrogens (tertiary/aromatic N) is 3. The van der Waals surface area contributed by atoms with Gasteiger partial charge >= 0.3 is 0 Å². The molecular weight excluding hydrogens is 350 g/mol. The second-order valence-corrected chi connectivity index (χ2v) is 9.09. The van der Waals surface area contributed by atoms with Crippen molar-refractivity contribution in [1.82, 2.24) is 14.7 Å². The average Bonchev–Trinajstić information content (AvgIpc) is 2.67. The van der Waals surface area contributed by atoms with Crippen molar-refractivity contribution in [3.8, 4) is 0 Å². The third kappa shape index (κ3) is 5.13. The summed E-state index contributed by atoms with van der Waals surface area (Å²) in [5.41, 5.74) is 2.01. The SMILES string of the molecule is CC1CC(C)CN(C(=O)CN2CCN(C(=O)c3ccc(C(C)C)cc3)CC2)C1. The van der Waals surface area contributed by atoms with Crippen LogP contribution < -0.4 is 0 Å². The Bertz CT molecular complexity index is 668. The summed E-state index contributed by atoms with van der Waals surface area (Å²) in [5.74, 6) is 1.98. The molecule has 1 aromatic carbocycles. The molecule has 5 nitrogen and oxygen atoms in total. The highest BCUT2D eigenvalue weighted by Gasteiger charge is 2.28. The van der Waals surface area contributed by atoms with Gasteiger partial charge in [0.05, 0.1) is 6.54 Å². The van der Waals surface area contributed by atoms with Crippen molar-refractivity contribution in [3.05, 3.63) is 35.4 Å². The van der Waals surface area contributed by atoms with Gasteiger partial charge in [0.1, 0.15) is 0 Å². The van der Waals surface area contributed by atoms with Crippen LogP contribution in [0.1, 0.15) is 56.0 Å². The van der Waals surface area contributed by atoms with Crippen LogP contribution in [-0.2, 0) is 4.79 Å². The second kappa shape index (κ2) is 9.08. The summed E-state index contributed by atoms with van der Waals surface area (Å²) in [7, 11) is 0. The van der Waals surface area contributed by atoms with Gasteiger partial charge in [-0.25, -0.2) is 0 Å². The van der Waals surface area contributed by atoms with E-state index in [9.17, 15) is 9.59 Å². The smallest absolute Gasteiger partial charge is 0.253 e. The lowest BCUT2D eigenvalue weighted by Gasteiger charge is -2.38. The number of carbonyl (C=O) groups excluding carboxylic acids is 2. The fraction of sp³-hybridized carbons (Fsp3) is 0.652. The van der Waals surface area contributed by atoms with Gasteiger partial charge in [0, 0.05) is 44.8 Å². The number of carbonyl (C=O) groups is 2. The Morgan fingerprint density at radius 2 is 1.50 bits per heavy atom. The van der Waals surface area contributed by atoms with E-state index in [1.54, 1.807) is 0 Å². The van der Waals surface area contributed by atoms with Crippen molar-refractivity contribution in [2.45, 2.75) is 40.0 Å². The van der Waals surface area contributed by atoms with Crippen LogP contribution in [0.3, 0.4) is 0 Å². The second-order valence-electron chi connectivity index (χ2n) is 9.09. The molecule has 2 fully saturated rings. The average molecular weight is 386 g/mol. The van der Waals surface area contributed by atoms with Crippen LogP contribution in [0.4, 0.5) is 0 Å². The molecule has 0 bridgehead atoms. The molecule has 0 spiro atoms. The Morgan fingerprint density at radius 3 is 2.04 bits per heavy atom. The van der Waals surface area contributed by atoms with Crippen molar-refractivity contribution in [2.24, 2.45) is 11.8 Å². The van der Waals surface area contributed by atoms with Crippen LogP contribution in [0, 0.1) is 11.8 Å². The van der Waals surface area contributed by atoms with Crippen LogP contribution in [0.5, 0.6) is 0 Å². The van der Waals surface area contributed by atoms with Gasteiger partial charge in [-0.05, 0) is 41.9 Å². The Kier molecular flexibility index (Phi) is 6.76. The normalized spacial score (nSPS) is 23.9. The molecule has 2 aliphatic rings. The number of amides is 2. The molecule has 154 valence electrons. The molecule has 0 N–H and O–H groups in total. The van der Waals surface area contributed by atoms with E-state index >= 15 is 0 Å². The molecular formula is C23H35N3O2. The zero-order valence-electron chi connectivity index (χ0n) is 17.9. The quantitative estimate of drug-likeness (QED) is 0.800. The van der Waals surface area contributed by atoms with E-state index in [1.807, 2.05) is 34.1 Å². The predicted octanol–water partition coefficient (Wildman–Crippen LogP) is 3.07. The first-order valence-electron chi connectivity index (χ1n) is 10.7. The number of likely N-dealkylation sites (tertiary alicyclic amines) is 1. The molecule has 1 aromatic rings. The molecule has 0 radical (unpaired) electrons. The van der Waals surface area contributed by atoms with Gasteiger partial charge in [-0.2, -0.15) is 0 Å². The molecule has 0 aromatic heterocycles. The molecule has 2 unspecified atom stereocenters. The standard InChI is InChI=1S/C23H35N3O2/c1-17(2)20-5-7-21(8-6-20)23(28)25-11-9-24(10-12-25)16-22(27)26-14-18(3)13-19(4)15-26/h5-8,17-19H,9-16H2,1-4H3. The van der Waals surface area contributed by atoms with E-state index < -0.39 is 0 Å². The van der Waals surface area contributed by atoms with Crippen LogP contribution in [-0.4, -0.2) is 72.3 Å². The topological polar surface area (TPSA) is 43.9 Å². The first kappa shape index (κ1) is 20.8. The highest BCUT2D eigenvalue weighted by atomic mass is 16.2. The monoisotopic (exact) mass is 385 g/mol. The van der Waals surface area contributed by atoms with Gasteiger partial charge in [0.2, 0.25) is 5.91 Å². The van der Waals surface area contributed by atoms with Crippen molar-refractivity contribution >= 4 is 11.8 Å². The minimum absolute atomic E-state index is 0.0972. The first-order chi connectivity index (χ1) is 13.3. The third-order valence-electron chi connectivity index (χ3n) is 6.06.